The van der Waals surface area contributed by atoms with E-state index >= 15 is 0 Å². The summed E-state index contributed by atoms with van der Waals surface area (Å²) in [4.78, 5) is 3.97. The molecule has 2 rings (SSSR count). The number of aromatic nitrogens is 4. The number of fused-ring (bicyclic) bond motifs is 1. The van der Waals surface area contributed by atoms with Gasteiger partial charge in [0.1, 0.15) is 5.52 Å². The van der Waals surface area contributed by atoms with Crippen LogP contribution < -0.4 is 0 Å². The van der Waals surface area contributed by atoms with Crippen LogP contribution in [0, 0.1) is 6.92 Å². The molecule has 0 unspecified atom stereocenters. The maximum Gasteiger partial charge on any atom is 0.243 e. The van der Waals surface area contributed by atoms with E-state index in [9.17, 15) is 0 Å². The van der Waals surface area contributed by atoms with Crippen LogP contribution in [0.25, 0.3) is 5.52 Å². The summed E-state index contributed by atoms with van der Waals surface area (Å²) in [5.41, 5.74) is 1.72. The minimum absolute atomic E-state index is 0.221. The molecule has 0 fully saturated rings. The number of halogens is 1. The van der Waals surface area contributed by atoms with Crippen molar-refractivity contribution in [2.24, 2.45) is 0 Å². The molecule has 0 aliphatic rings. The van der Waals surface area contributed by atoms with Gasteiger partial charge in [-0.05, 0) is 24.6 Å². The van der Waals surface area contributed by atoms with E-state index in [0.717, 1.165) is 11.2 Å². The van der Waals surface area contributed by atoms with Crippen molar-refractivity contribution in [2.75, 3.05) is 0 Å². The summed E-state index contributed by atoms with van der Waals surface area (Å²) >= 11 is 5.60. The molecule has 0 spiro atoms. The molecule has 0 saturated carbocycles. The fourth-order valence-corrected chi connectivity index (χ4v) is 1.14. The Kier molecular flexibility index (Phi) is 1.29. The Balaban J connectivity index is 2.91. The molecule has 5 heteroatoms. The molecule has 0 radical (unpaired) electrons. The zero-order valence-electron chi connectivity index (χ0n) is 5.82. The van der Waals surface area contributed by atoms with E-state index in [1.807, 2.05) is 13.0 Å². The van der Waals surface area contributed by atoms with Crippen LogP contribution in [0.1, 0.15) is 5.69 Å². The Bertz CT molecular complexity index is 394. The second-order valence-corrected chi connectivity index (χ2v) is 2.51. The maximum absolute atomic E-state index is 5.60. The Labute approximate surface area is 67.8 Å². The third-order valence-corrected chi connectivity index (χ3v) is 1.59. The third kappa shape index (κ3) is 0.952. The van der Waals surface area contributed by atoms with Crippen LogP contribution in [0.5, 0.6) is 0 Å². The Morgan fingerprint density at radius 1 is 1.55 bits per heavy atom. The maximum atomic E-state index is 5.60. The first-order valence-corrected chi connectivity index (χ1v) is 3.49. The minimum atomic E-state index is 0.221. The van der Waals surface area contributed by atoms with Gasteiger partial charge < -0.3 is 0 Å². The topological polar surface area (TPSA) is 43.1 Å². The van der Waals surface area contributed by atoms with Gasteiger partial charge in [0, 0.05) is 0 Å². The standard InChI is InChI=1S/C6H5ClN4/c1-4-5-2-3-8-11(5)10-6(7)9-4/h2-3H,1H3. The SMILES string of the molecule is Cc1nc(Cl)nn2nccc12. The summed E-state index contributed by atoms with van der Waals surface area (Å²) in [6.45, 7) is 1.87. The molecule has 11 heavy (non-hydrogen) atoms. The largest absolute Gasteiger partial charge is 0.243 e. The molecule has 2 aromatic heterocycles. The fourth-order valence-electron chi connectivity index (χ4n) is 0.937. The van der Waals surface area contributed by atoms with Crippen molar-refractivity contribution in [3.8, 4) is 0 Å². The van der Waals surface area contributed by atoms with Crippen LogP contribution in [0.3, 0.4) is 0 Å². The van der Waals surface area contributed by atoms with Crippen molar-refractivity contribution in [3.63, 3.8) is 0 Å². The fraction of sp³-hybridized carbons (Fsp3) is 0.167. The van der Waals surface area contributed by atoms with Gasteiger partial charge in [-0.25, -0.2) is 4.98 Å². The summed E-state index contributed by atoms with van der Waals surface area (Å²) in [5, 5.41) is 8.00. The summed E-state index contributed by atoms with van der Waals surface area (Å²) in [6.07, 6.45) is 1.66. The second-order valence-electron chi connectivity index (χ2n) is 2.17. The second kappa shape index (κ2) is 2.17. The van der Waals surface area contributed by atoms with Crippen LogP contribution in [-0.2, 0) is 0 Å². The molecule has 0 N–H and O–H groups in total. The number of nitrogens with zero attached hydrogens (tertiary/aromatic N) is 4. The highest BCUT2D eigenvalue weighted by Gasteiger charge is 2.01. The first-order valence-electron chi connectivity index (χ1n) is 3.11. The lowest BCUT2D eigenvalue weighted by atomic mass is 10.4. The minimum Gasteiger partial charge on any atom is -0.220 e. The Morgan fingerprint density at radius 3 is 3.18 bits per heavy atom. The van der Waals surface area contributed by atoms with Crippen molar-refractivity contribution in [2.45, 2.75) is 6.92 Å². The van der Waals surface area contributed by atoms with Crippen molar-refractivity contribution in [1.82, 2.24) is 19.8 Å². The molecule has 2 aromatic rings. The average molecular weight is 169 g/mol. The molecule has 0 saturated heterocycles. The van der Waals surface area contributed by atoms with E-state index in [2.05, 4.69) is 15.2 Å². The van der Waals surface area contributed by atoms with Crippen molar-refractivity contribution in [3.05, 3.63) is 23.2 Å². The van der Waals surface area contributed by atoms with Gasteiger partial charge in [-0.15, -0.1) is 9.73 Å². The summed E-state index contributed by atoms with van der Waals surface area (Å²) in [6, 6.07) is 1.84. The smallest absolute Gasteiger partial charge is 0.220 e. The zero-order valence-corrected chi connectivity index (χ0v) is 6.58. The van der Waals surface area contributed by atoms with Gasteiger partial charge in [0.05, 0.1) is 11.9 Å². The lowest BCUT2D eigenvalue weighted by molar-refractivity contribution is 0.774. The zero-order chi connectivity index (χ0) is 7.84. The van der Waals surface area contributed by atoms with Gasteiger partial charge in [0.2, 0.25) is 5.28 Å². The molecule has 4 nitrogen and oxygen atoms in total. The van der Waals surface area contributed by atoms with Crippen LogP contribution in [0.15, 0.2) is 12.3 Å². The van der Waals surface area contributed by atoms with Gasteiger partial charge in [0.25, 0.3) is 0 Å². The quantitative estimate of drug-likeness (QED) is 0.592. The molecule has 0 aliphatic carbocycles. The Hall–Kier alpha value is -1.16. The molecule has 0 atom stereocenters. The predicted molar refractivity (Wildman–Crippen MR) is 40.5 cm³/mol. The molecule has 0 aromatic carbocycles. The molecule has 0 amide bonds. The van der Waals surface area contributed by atoms with E-state index in [4.69, 9.17) is 11.6 Å². The van der Waals surface area contributed by atoms with Gasteiger partial charge in [-0.2, -0.15) is 5.10 Å². The first-order chi connectivity index (χ1) is 5.27. The molecule has 0 aliphatic heterocycles. The van der Waals surface area contributed by atoms with Gasteiger partial charge in [-0.3, -0.25) is 0 Å². The van der Waals surface area contributed by atoms with Crippen LogP contribution >= 0.6 is 11.6 Å². The van der Waals surface area contributed by atoms with E-state index < -0.39 is 0 Å². The van der Waals surface area contributed by atoms with Crippen molar-refractivity contribution < 1.29 is 0 Å². The predicted octanol–water partition coefficient (Wildman–Crippen LogP) is 1.09. The van der Waals surface area contributed by atoms with Gasteiger partial charge in [-0.1, -0.05) is 0 Å². The summed E-state index contributed by atoms with van der Waals surface area (Å²) in [5.74, 6) is 0. The average Bonchev–Trinajstić information content (AvgIpc) is 2.34. The van der Waals surface area contributed by atoms with Crippen LogP contribution in [0.2, 0.25) is 5.28 Å². The normalized spacial score (nSPS) is 10.7. The monoisotopic (exact) mass is 168 g/mol. The first kappa shape index (κ1) is 6.54. The lowest BCUT2D eigenvalue weighted by Crippen LogP contribution is -1.98. The van der Waals surface area contributed by atoms with Crippen LogP contribution in [-0.4, -0.2) is 19.8 Å². The Morgan fingerprint density at radius 2 is 2.36 bits per heavy atom. The number of rotatable bonds is 0. The van der Waals surface area contributed by atoms with Gasteiger partial charge >= 0.3 is 0 Å². The summed E-state index contributed by atoms with van der Waals surface area (Å²) in [7, 11) is 0. The number of aryl methyl sites for hydroxylation is 1. The molecule has 0 bridgehead atoms. The highest BCUT2D eigenvalue weighted by molar-refractivity contribution is 6.28. The highest BCUT2D eigenvalue weighted by atomic mass is 35.5. The van der Waals surface area contributed by atoms with Crippen molar-refractivity contribution >= 4 is 17.1 Å². The number of hydrogen-bond acceptors (Lipinski definition) is 3. The van der Waals surface area contributed by atoms with Crippen LogP contribution in [0.4, 0.5) is 0 Å². The van der Waals surface area contributed by atoms with E-state index in [-0.39, 0.29) is 5.28 Å². The molecular weight excluding hydrogens is 164 g/mol. The van der Waals surface area contributed by atoms with Crippen molar-refractivity contribution in [1.29, 1.82) is 0 Å². The van der Waals surface area contributed by atoms with E-state index in [0.29, 0.717) is 0 Å². The summed E-state index contributed by atoms with van der Waals surface area (Å²) < 4.78 is 1.46. The van der Waals surface area contributed by atoms with E-state index in [1.54, 1.807) is 6.20 Å². The molecular formula is C6H5ClN4. The molecule has 56 valence electrons. The van der Waals surface area contributed by atoms with E-state index in [1.165, 1.54) is 4.63 Å². The lowest BCUT2D eigenvalue weighted by Gasteiger charge is -1.95. The number of hydrogen-bond donors (Lipinski definition) is 0. The highest BCUT2D eigenvalue weighted by Crippen LogP contribution is 2.07. The van der Waals surface area contributed by atoms with Gasteiger partial charge in [0.15, 0.2) is 0 Å². The third-order valence-electron chi connectivity index (χ3n) is 1.43. The molecule has 2 heterocycles.